The summed E-state index contributed by atoms with van der Waals surface area (Å²) in [4.78, 5) is 8.02. The lowest BCUT2D eigenvalue weighted by Gasteiger charge is -2.14. The van der Waals surface area contributed by atoms with Crippen molar-refractivity contribution < 1.29 is 22.6 Å². The number of ether oxygens (including phenoxy) is 2. The van der Waals surface area contributed by atoms with E-state index < -0.39 is 12.8 Å². The third kappa shape index (κ3) is 7.34. The number of hydrogen-bond donors (Lipinski definition) is 2. The summed E-state index contributed by atoms with van der Waals surface area (Å²) in [7, 11) is 1.65. The highest BCUT2D eigenvalue weighted by molar-refractivity contribution is 5.79. The first-order valence-corrected chi connectivity index (χ1v) is 8.71. The molecule has 2 N–H and O–H groups in total. The number of halogens is 3. The van der Waals surface area contributed by atoms with Crippen molar-refractivity contribution in [3.05, 3.63) is 53.7 Å². The SMILES string of the molecule is CCOc1ccccc1CNC(=NC)NCc1ccc(OCC(F)(F)F)nc1. The highest BCUT2D eigenvalue weighted by atomic mass is 19.4. The van der Waals surface area contributed by atoms with Gasteiger partial charge < -0.3 is 20.1 Å². The van der Waals surface area contributed by atoms with Crippen molar-refractivity contribution in [2.24, 2.45) is 4.99 Å². The molecule has 2 aromatic rings. The van der Waals surface area contributed by atoms with E-state index in [4.69, 9.17) is 4.74 Å². The molecule has 0 unspecified atom stereocenters. The Balaban J connectivity index is 1.84. The van der Waals surface area contributed by atoms with Gasteiger partial charge in [0.05, 0.1) is 6.61 Å². The number of hydrogen-bond acceptors (Lipinski definition) is 4. The largest absolute Gasteiger partial charge is 0.494 e. The molecule has 0 fully saturated rings. The van der Waals surface area contributed by atoms with Crippen molar-refractivity contribution in [1.29, 1.82) is 0 Å². The van der Waals surface area contributed by atoms with E-state index in [1.807, 2.05) is 31.2 Å². The van der Waals surface area contributed by atoms with Crippen molar-refractivity contribution in [2.75, 3.05) is 20.3 Å². The molecule has 0 bridgehead atoms. The minimum absolute atomic E-state index is 0.0730. The molecule has 28 heavy (non-hydrogen) atoms. The van der Waals surface area contributed by atoms with Gasteiger partial charge in [0.25, 0.3) is 0 Å². The Hall–Kier alpha value is -2.97. The van der Waals surface area contributed by atoms with Gasteiger partial charge in [-0.1, -0.05) is 24.3 Å². The van der Waals surface area contributed by atoms with Gasteiger partial charge in [0.1, 0.15) is 5.75 Å². The summed E-state index contributed by atoms with van der Waals surface area (Å²) in [6, 6.07) is 10.8. The number of aromatic nitrogens is 1. The quantitative estimate of drug-likeness (QED) is 0.530. The van der Waals surface area contributed by atoms with Crippen LogP contribution >= 0.6 is 0 Å². The number of rotatable bonds is 8. The number of para-hydroxylation sites is 1. The molecule has 152 valence electrons. The van der Waals surface area contributed by atoms with E-state index in [2.05, 4.69) is 25.3 Å². The van der Waals surface area contributed by atoms with Crippen LogP contribution < -0.4 is 20.1 Å². The molecule has 0 saturated heterocycles. The zero-order valence-electron chi connectivity index (χ0n) is 15.7. The van der Waals surface area contributed by atoms with Crippen LogP contribution in [0.4, 0.5) is 13.2 Å². The highest BCUT2D eigenvalue weighted by Gasteiger charge is 2.28. The number of benzene rings is 1. The molecule has 1 heterocycles. The van der Waals surface area contributed by atoms with Crippen LogP contribution in [0.2, 0.25) is 0 Å². The lowest BCUT2D eigenvalue weighted by Crippen LogP contribution is -2.36. The van der Waals surface area contributed by atoms with E-state index in [0.717, 1.165) is 16.9 Å². The lowest BCUT2D eigenvalue weighted by molar-refractivity contribution is -0.154. The van der Waals surface area contributed by atoms with E-state index in [1.165, 1.54) is 12.3 Å². The van der Waals surface area contributed by atoms with Gasteiger partial charge in [0.2, 0.25) is 5.88 Å². The van der Waals surface area contributed by atoms with Crippen molar-refractivity contribution in [3.63, 3.8) is 0 Å². The van der Waals surface area contributed by atoms with Gasteiger partial charge in [0, 0.05) is 38.0 Å². The molecule has 0 atom stereocenters. The number of guanidine groups is 1. The number of alkyl halides is 3. The van der Waals surface area contributed by atoms with Crippen LogP contribution in [0.25, 0.3) is 0 Å². The molecule has 0 saturated carbocycles. The molecule has 6 nitrogen and oxygen atoms in total. The molecule has 1 aromatic heterocycles. The van der Waals surface area contributed by atoms with E-state index >= 15 is 0 Å². The van der Waals surface area contributed by atoms with E-state index in [-0.39, 0.29) is 5.88 Å². The van der Waals surface area contributed by atoms with Crippen LogP contribution in [-0.2, 0) is 13.1 Å². The zero-order chi connectivity index (χ0) is 20.4. The fourth-order valence-electron chi connectivity index (χ4n) is 2.29. The predicted octanol–water partition coefficient (Wildman–Crippen LogP) is 3.29. The molecule has 0 aliphatic heterocycles. The number of nitrogens with one attached hydrogen (secondary N) is 2. The maximum atomic E-state index is 12.1. The fourth-order valence-corrected chi connectivity index (χ4v) is 2.29. The molecular weight excluding hydrogens is 373 g/mol. The Kier molecular flexibility index (Phi) is 7.91. The fraction of sp³-hybridized carbons (Fsp3) is 0.368. The molecule has 9 heteroatoms. The van der Waals surface area contributed by atoms with Crippen molar-refractivity contribution >= 4 is 5.96 Å². The highest BCUT2D eigenvalue weighted by Crippen LogP contribution is 2.18. The maximum Gasteiger partial charge on any atom is 0.422 e. The predicted molar refractivity (Wildman–Crippen MR) is 100 cm³/mol. The first kappa shape index (κ1) is 21.3. The van der Waals surface area contributed by atoms with Crippen LogP contribution in [0.15, 0.2) is 47.6 Å². The number of nitrogens with zero attached hydrogens (tertiary/aromatic N) is 2. The Morgan fingerprint density at radius 2 is 1.82 bits per heavy atom. The van der Waals surface area contributed by atoms with Gasteiger partial charge in [-0.3, -0.25) is 4.99 Å². The van der Waals surface area contributed by atoms with Gasteiger partial charge in [-0.25, -0.2) is 4.98 Å². The average molecular weight is 396 g/mol. The van der Waals surface area contributed by atoms with Crippen molar-refractivity contribution in [2.45, 2.75) is 26.2 Å². The summed E-state index contributed by atoms with van der Waals surface area (Å²) in [5.41, 5.74) is 1.78. The Morgan fingerprint density at radius 3 is 2.46 bits per heavy atom. The van der Waals surface area contributed by atoms with Crippen LogP contribution in [0, 0.1) is 0 Å². The second kappa shape index (κ2) is 10.4. The van der Waals surface area contributed by atoms with Gasteiger partial charge in [-0.15, -0.1) is 0 Å². The summed E-state index contributed by atoms with van der Waals surface area (Å²) < 4.78 is 46.6. The molecular formula is C19H23F3N4O2. The van der Waals surface area contributed by atoms with Gasteiger partial charge in [-0.05, 0) is 18.6 Å². The van der Waals surface area contributed by atoms with Crippen LogP contribution in [0.5, 0.6) is 11.6 Å². The number of pyridine rings is 1. The molecule has 0 spiro atoms. The standard InChI is InChI=1S/C19H23F3N4O2/c1-3-27-16-7-5-4-6-15(16)12-26-18(23-2)25-11-14-8-9-17(24-10-14)28-13-19(20,21)22/h4-10H,3,11-13H2,1-2H3,(H2,23,25,26). The van der Waals surface area contributed by atoms with Gasteiger partial charge >= 0.3 is 6.18 Å². The lowest BCUT2D eigenvalue weighted by atomic mass is 10.2. The van der Waals surface area contributed by atoms with Crippen LogP contribution in [-0.4, -0.2) is 37.4 Å². The topological polar surface area (TPSA) is 67.8 Å². The number of aliphatic imine (C=N–C) groups is 1. The third-order valence-corrected chi connectivity index (χ3v) is 3.58. The summed E-state index contributed by atoms with van der Waals surface area (Å²) >= 11 is 0. The van der Waals surface area contributed by atoms with Gasteiger partial charge in [-0.2, -0.15) is 13.2 Å². The average Bonchev–Trinajstić information content (AvgIpc) is 2.68. The first-order valence-electron chi connectivity index (χ1n) is 8.71. The van der Waals surface area contributed by atoms with E-state index in [0.29, 0.717) is 25.7 Å². The second-order valence-corrected chi connectivity index (χ2v) is 5.73. The smallest absolute Gasteiger partial charge is 0.422 e. The van der Waals surface area contributed by atoms with Crippen LogP contribution in [0.1, 0.15) is 18.1 Å². The second-order valence-electron chi connectivity index (χ2n) is 5.73. The molecule has 0 amide bonds. The minimum atomic E-state index is -4.39. The van der Waals surface area contributed by atoms with E-state index in [1.54, 1.807) is 13.1 Å². The third-order valence-electron chi connectivity index (χ3n) is 3.58. The van der Waals surface area contributed by atoms with E-state index in [9.17, 15) is 13.2 Å². The Labute approximate surface area is 161 Å². The first-order chi connectivity index (χ1) is 13.4. The van der Waals surface area contributed by atoms with Crippen molar-refractivity contribution in [1.82, 2.24) is 15.6 Å². The summed E-state index contributed by atoms with van der Waals surface area (Å²) in [5.74, 6) is 1.31. The summed E-state index contributed by atoms with van der Waals surface area (Å²) in [6.45, 7) is 2.08. The summed E-state index contributed by atoms with van der Waals surface area (Å²) in [5, 5.41) is 6.31. The Morgan fingerprint density at radius 1 is 1.07 bits per heavy atom. The normalized spacial score (nSPS) is 11.8. The molecule has 1 aromatic carbocycles. The van der Waals surface area contributed by atoms with Crippen molar-refractivity contribution in [3.8, 4) is 11.6 Å². The Bertz CT molecular complexity index is 765. The molecule has 0 aliphatic carbocycles. The molecule has 2 rings (SSSR count). The monoisotopic (exact) mass is 396 g/mol. The maximum absolute atomic E-state index is 12.1. The molecule has 0 radical (unpaired) electrons. The molecule has 0 aliphatic rings. The summed E-state index contributed by atoms with van der Waals surface area (Å²) in [6.07, 6.45) is -2.93. The zero-order valence-corrected chi connectivity index (χ0v) is 15.7. The minimum Gasteiger partial charge on any atom is -0.494 e. The van der Waals surface area contributed by atoms with Gasteiger partial charge in [0.15, 0.2) is 12.6 Å². The van der Waals surface area contributed by atoms with Crippen LogP contribution in [0.3, 0.4) is 0 Å².